The zero-order chi connectivity index (χ0) is 14.1. The van der Waals surface area contributed by atoms with Crippen LogP contribution in [0.2, 0.25) is 0 Å². The van der Waals surface area contributed by atoms with Crippen LogP contribution in [0.15, 0.2) is 18.5 Å². The fraction of sp³-hybridized carbons (Fsp3) is 0.500. The lowest BCUT2D eigenvalue weighted by atomic mass is 10.1. The molecule has 1 atom stereocenters. The number of fused-ring (bicyclic) bond motifs is 1. The van der Waals surface area contributed by atoms with Crippen LogP contribution >= 0.6 is 0 Å². The first-order chi connectivity index (χ1) is 9.66. The maximum atomic E-state index is 11.5. The van der Waals surface area contributed by atoms with Crippen LogP contribution < -0.4 is 4.90 Å². The first kappa shape index (κ1) is 12.9. The van der Waals surface area contributed by atoms with E-state index >= 15 is 0 Å². The SMILES string of the molecule is Cc1cc2c(N3CCCCCC3C(=O)O)nccn2n1. The number of rotatable bonds is 2. The summed E-state index contributed by atoms with van der Waals surface area (Å²) in [6.45, 7) is 2.65. The summed E-state index contributed by atoms with van der Waals surface area (Å²) in [5.41, 5.74) is 1.78. The molecule has 2 aromatic rings. The van der Waals surface area contributed by atoms with Gasteiger partial charge < -0.3 is 10.0 Å². The lowest BCUT2D eigenvalue weighted by Gasteiger charge is -2.28. The van der Waals surface area contributed by atoms with Crippen molar-refractivity contribution in [2.45, 2.75) is 38.6 Å². The molecule has 0 aliphatic carbocycles. The molecular formula is C14H18N4O2. The first-order valence-electron chi connectivity index (χ1n) is 6.97. The molecule has 1 unspecified atom stereocenters. The number of carbonyl (C=O) groups is 1. The third kappa shape index (κ3) is 2.21. The minimum absolute atomic E-state index is 0.494. The molecule has 1 saturated heterocycles. The fourth-order valence-corrected chi connectivity index (χ4v) is 2.87. The van der Waals surface area contributed by atoms with Gasteiger partial charge in [-0.2, -0.15) is 5.10 Å². The molecule has 0 bridgehead atoms. The van der Waals surface area contributed by atoms with E-state index in [2.05, 4.69) is 10.1 Å². The molecule has 0 radical (unpaired) electrons. The predicted octanol–water partition coefficient (Wildman–Crippen LogP) is 1.87. The summed E-state index contributed by atoms with van der Waals surface area (Å²) in [5, 5.41) is 13.8. The van der Waals surface area contributed by atoms with E-state index in [9.17, 15) is 9.90 Å². The number of aromatic nitrogens is 3. The maximum Gasteiger partial charge on any atom is 0.326 e. The van der Waals surface area contributed by atoms with Gasteiger partial charge in [-0.25, -0.2) is 14.3 Å². The average Bonchev–Trinajstić information content (AvgIpc) is 2.64. The Morgan fingerprint density at radius 2 is 2.25 bits per heavy atom. The van der Waals surface area contributed by atoms with Crippen molar-refractivity contribution in [1.29, 1.82) is 0 Å². The van der Waals surface area contributed by atoms with Crippen molar-refractivity contribution in [3.05, 3.63) is 24.2 Å². The summed E-state index contributed by atoms with van der Waals surface area (Å²) in [7, 11) is 0. The van der Waals surface area contributed by atoms with E-state index in [0.29, 0.717) is 6.42 Å². The topological polar surface area (TPSA) is 70.7 Å². The lowest BCUT2D eigenvalue weighted by Crippen LogP contribution is -2.41. The molecule has 0 aromatic carbocycles. The number of aryl methyl sites for hydroxylation is 1. The molecule has 0 saturated carbocycles. The van der Waals surface area contributed by atoms with Gasteiger partial charge >= 0.3 is 5.97 Å². The van der Waals surface area contributed by atoms with Gasteiger partial charge in [-0.05, 0) is 25.8 Å². The Morgan fingerprint density at radius 1 is 1.40 bits per heavy atom. The highest BCUT2D eigenvalue weighted by atomic mass is 16.4. The Kier molecular flexibility index (Phi) is 3.30. The predicted molar refractivity (Wildman–Crippen MR) is 75.0 cm³/mol. The summed E-state index contributed by atoms with van der Waals surface area (Å²) < 4.78 is 1.77. The molecule has 3 heterocycles. The summed E-state index contributed by atoms with van der Waals surface area (Å²) >= 11 is 0. The Labute approximate surface area is 117 Å². The van der Waals surface area contributed by atoms with Crippen LogP contribution in [0.1, 0.15) is 31.4 Å². The van der Waals surface area contributed by atoms with Crippen LogP contribution in [0.4, 0.5) is 5.82 Å². The molecule has 1 aliphatic rings. The van der Waals surface area contributed by atoms with Crippen LogP contribution in [0, 0.1) is 6.92 Å². The first-order valence-corrected chi connectivity index (χ1v) is 6.97. The number of carboxylic acids is 1. The van der Waals surface area contributed by atoms with E-state index in [0.717, 1.165) is 42.8 Å². The highest BCUT2D eigenvalue weighted by Gasteiger charge is 2.29. The van der Waals surface area contributed by atoms with Gasteiger partial charge in [0.15, 0.2) is 5.82 Å². The van der Waals surface area contributed by atoms with Crippen molar-refractivity contribution in [3.63, 3.8) is 0 Å². The van der Waals surface area contributed by atoms with Crippen molar-refractivity contribution in [2.75, 3.05) is 11.4 Å². The van der Waals surface area contributed by atoms with Crippen LogP contribution in [-0.2, 0) is 4.79 Å². The Bertz CT molecular complexity index is 637. The van der Waals surface area contributed by atoms with Gasteiger partial charge in [0.05, 0.1) is 5.69 Å². The molecule has 3 rings (SSSR count). The molecule has 2 aromatic heterocycles. The van der Waals surface area contributed by atoms with Crippen molar-refractivity contribution in [3.8, 4) is 0 Å². The van der Waals surface area contributed by atoms with Crippen molar-refractivity contribution in [1.82, 2.24) is 14.6 Å². The summed E-state index contributed by atoms with van der Waals surface area (Å²) in [5.74, 6) is -0.0469. The number of hydrogen-bond donors (Lipinski definition) is 1. The van der Waals surface area contributed by atoms with E-state index in [-0.39, 0.29) is 0 Å². The Morgan fingerprint density at radius 3 is 3.05 bits per heavy atom. The van der Waals surface area contributed by atoms with E-state index in [1.54, 1.807) is 16.9 Å². The fourth-order valence-electron chi connectivity index (χ4n) is 2.87. The van der Waals surface area contributed by atoms with Crippen LogP contribution in [0.5, 0.6) is 0 Å². The molecule has 20 heavy (non-hydrogen) atoms. The van der Waals surface area contributed by atoms with Gasteiger partial charge in [-0.3, -0.25) is 0 Å². The molecule has 6 heteroatoms. The molecule has 1 N–H and O–H groups in total. The van der Waals surface area contributed by atoms with E-state index in [1.165, 1.54) is 0 Å². The van der Waals surface area contributed by atoms with Crippen molar-refractivity contribution in [2.24, 2.45) is 0 Å². The summed E-state index contributed by atoms with van der Waals surface area (Å²) in [6, 6.07) is 1.46. The third-order valence-electron chi connectivity index (χ3n) is 3.80. The second-order valence-corrected chi connectivity index (χ2v) is 5.26. The van der Waals surface area contributed by atoms with Gasteiger partial charge in [0, 0.05) is 18.9 Å². The standard InChI is InChI=1S/C14H18N4O2/c1-10-9-12-13(15-6-8-18(12)16-10)17-7-4-2-3-5-11(17)14(19)20/h6,8-9,11H,2-5,7H2,1H3,(H,19,20). The minimum Gasteiger partial charge on any atom is -0.480 e. The highest BCUT2D eigenvalue weighted by Crippen LogP contribution is 2.26. The molecule has 0 amide bonds. The Hall–Kier alpha value is -2.11. The van der Waals surface area contributed by atoms with Gasteiger partial charge in [0.2, 0.25) is 0 Å². The van der Waals surface area contributed by atoms with Gasteiger partial charge in [0.25, 0.3) is 0 Å². The number of aliphatic carboxylic acids is 1. The Balaban J connectivity index is 2.08. The molecule has 1 fully saturated rings. The van der Waals surface area contributed by atoms with E-state index < -0.39 is 12.0 Å². The number of carboxylic acid groups (broad SMARTS) is 1. The zero-order valence-electron chi connectivity index (χ0n) is 11.5. The number of anilines is 1. The molecule has 106 valence electrons. The molecule has 0 spiro atoms. The molecule has 1 aliphatic heterocycles. The van der Waals surface area contributed by atoms with Crippen LogP contribution in [-0.4, -0.2) is 38.3 Å². The monoisotopic (exact) mass is 274 g/mol. The maximum absolute atomic E-state index is 11.5. The van der Waals surface area contributed by atoms with Crippen molar-refractivity contribution >= 4 is 17.3 Å². The number of nitrogens with zero attached hydrogens (tertiary/aromatic N) is 4. The third-order valence-corrected chi connectivity index (χ3v) is 3.80. The van der Waals surface area contributed by atoms with Crippen LogP contribution in [0.3, 0.4) is 0 Å². The van der Waals surface area contributed by atoms with Gasteiger partial charge in [-0.1, -0.05) is 12.8 Å². The minimum atomic E-state index is -0.771. The molecular weight excluding hydrogens is 256 g/mol. The number of hydrogen-bond acceptors (Lipinski definition) is 4. The van der Waals surface area contributed by atoms with E-state index in [4.69, 9.17) is 0 Å². The second kappa shape index (κ2) is 5.11. The smallest absolute Gasteiger partial charge is 0.326 e. The molecule has 6 nitrogen and oxygen atoms in total. The largest absolute Gasteiger partial charge is 0.480 e. The lowest BCUT2D eigenvalue weighted by molar-refractivity contribution is -0.138. The van der Waals surface area contributed by atoms with Gasteiger partial charge in [0.1, 0.15) is 11.6 Å². The quantitative estimate of drug-likeness (QED) is 0.905. The zero-order valence-corrected chi connectivity index (χ0v) is 11.5. The van der Waals surface area contributed by atoms with Crippen molar-refractivity contribution < 1.29 is 9.90 Å². The average molecular weight is 274 g/mol. The second-order valence-electron chi connectivity index (χ2n) is 5.26. The van der Waals surface area contributed by atoms with Crippen LogP contribution in [0.25, 0.3) is 5.52 Å². The summed E-state index contributed by atoms with van der Waals surface area (Å²) in [6.07, 6.45) is 7.17. The summed E-state index contributed by atoms with van der Waals surface area (Å²) in [4.78, 5) is 17.9. The normalized spacial score (nSPS) is 20.1. The van der Waals surface area contributed by atoms with E-state index in [1.807, 2.05) is 17.9 Å². The van der Waals surface area contributed by atoms with Gasteiger partial charge in [-0.15, -0.1) is 0 Å². The highest BCUT2D eigenvalue weighted by molar-refractivity contribution is 5.81.